The molecule has 0 bridgehead atoms. The molecule has 0 spiro atoms. The number of sulfonamides is 1. The van der Waals surface area contributed by atoms with Gasteiger partial charge in [0.2, 0.25) is 10.0 Å². The van der Waals surface area contributed by atoms with Crippen LogP contribution in [0.25, 0.3) is 0 Å². The first-order valence-corrected chi connectivity index (χ1v) is 9.21. The summed E-state index contributed by atoms with van der Waals surface area (Å²) in [6, 6.07) is 3.28. The van der Waals surface area contributed by atoms with Gasteiger partial charge < -0.3 is 14.8 Å². The monoisotopic (exact) mass is 342 g/mol. The molecule has 0 saturated carbocycles. The number of rotatable bonds is 7. The lowest BCUT2D eigenvalue weighted by molar-refractivity contribution is 0.122. The molecule has 1 aromatic carbocycles. The van der Waals surface area contributed by atoms with Crippen molar-refractivity contribution in [2.75, 3.05) is 33.9 Å². The van der Waals surface area contributed by atoms with Crippen LogP contribution in [0.1, 0.15) is 24.0 Å². The Morgan fingerprint density at radius 1 is 1.26 bits per heavy atom. The predicted molar refractivity (Wildman–Crippen MR) is 89.5 cm³/mol. The highest BCUT2D eigenvalue weighted by atomic mass is 32.2. The van der Waals surface area contributed by atoms with E-state index in [0.717, 1.165) is 24.9 Å². The van der Waals surface area contributed by atoms with E-state index in [4.69, 9.17) is 9.47 Å². The summed E-state index contributed by atoms with van der Waals surface area (Å²) in [6.07, 6.45) is 1.91. The zero-order chi connectivity index (χ0) is 17.1. The van der Waals surface area contributed by atoms with E-state index in [1.54, 1.807) is 33.3 Å². The van der Waals surface area contributed by atoms with E-state index in [1.807, 2.05) is 6.92 Å². The van der Waals surface area contributed by atoms with Crippen molar-refractivity contribution in [2.24, 2.45) is 0 Å². The van der Waals surface area contributed by atoms with Crippen LogP contribution in [0.5, 0.6) is 5.75 Å². The van der Waals surface area contributed by atoms with Crippen LogP contribution in [0.4, 0.5) is 0 Å². The first-order chi connectivity index (χ1) is 10.9. The number of benzene rings is 1. The zero-order valence-electron chi connectivity index (χ0n) is 14.2. The van der Waals surface area contributed by atoms with Crippen molar-refractivity contribution in [1.29, 1.82) is 0 Å². The summed E-state index contributed by atoms with van der Waals surface area (Å²) in [4.78, 5) is 0.293. The molecule has 0 aliphatic carbocycles. The summed E-state index contributed by atoms with van der Waals surface area (Å²) < 4.78 is 38.6. The third-order valence-electron chi connectivity index (χ3n) is 4.55. The molecule has 23 heavy (non-hydrogen) atoms. The lowest BCUT2D eigenvalue weighted by Gasteiger charge is -2.29. The number of hydrogen-bond donors (Lipinski definition) is 2. The molecular weight excluding hydrogens is 316 g/mol. The van der Waals surface area contributed by atoms with Crippen LogP contribution >= 0.6 is 0 Å². The molecule has 6 nitrogen and oxygen atoms in total. The Balaban J connectivity index is 2.21. The van der Waals surface area contributed by atoms with Gasteiger partial charge in [-0.05, 0) is 56.5 Å². The van der Waals surface area contributed by atoms with Gasteiger partial charge in [0.05, 0.1) is 24.2 Å². The number of ether oxygens (including phenoxy) is 2. The predicted octanol–water partition coefficient (Wildman–Crippen LogP) is 1.36. The van der Waals surface area contributed by atoms with Gasteiger partial charge in [0.15, 0.2) is 0 Å². The number of methoxy groups -OCH3 is 2. The second-order valence-electron chi connectivity index (χ2n) is 6.08. The molecule has 1 saturated heterocycles. The molecule has 7 heteroatoms. The highest BCUT2D eigenvalue weighted by Crippen LogP contribution is 2.27. The third kappa shape index (κ3) is 3.85. The van der Waals surface area contributed by atoms with Crippen LogP contribution in [0.3, 0.4) is 0 Å². The van der Waals surface area contributed by atoms with Gasteiger partial charge in [0.25, 0.3) is 0 Å². The Labute approximate surface area is 138 Å². The third-order valence-corrected chi connectivity index (χ3v) is 6.10. The molecule has 1 fully saturated rings. The van der Waals surface area contributed by atoms with E-state index in [2.05, 4.69) is 10.0 Å². The van der Waals surface area contributed by atoms with Crippen LogP contribution in [0, 0.1) is 13.8 Å². The van der Waals surface area contributed by atoms with Crippen LogP contribution in [0.15, 0.2) is 17.0 Å². The molecule has 0 radical (unpaired) electrons. The molecule has 1 aromatic rings. The molecule has 0 aromatic heterocycles. The lowest BCUT2D eigenvalue weighted by Crippen LogP contribution is -2.52. The summed E-state index contributed by atoms with van der Waals surface area (Å²) >= 11 is 0. The first-order valence-electron chi connectivity index (χ1n) is 7.73. The smallest absolute Gasteiger partial charge is 0.240 e. The molecule has 1 unspecified atom stereocenters. The zero-order valence-corrected chi connectivity index (χ0v) is 15.0. The summed E-state index contributed by atoms with van der Waals surface area (Å²) in [5.74, 6) is 0.690. The van der Waals surface area contributed by atoms with Gasteiger partial charge in [-0.1, -0.05) is 0 Å². The Bertz CT molecular complexity index is 652. The average molecular weight is 342 g/mol. The number of nitrogens with one attached hydrogen (secondary N) is 2. The maximum Gasteiger partial charge on any atom is 0.240 e. The van der Waals surface area contributed by atoms with E-state index in [0.29, 0.717) is 29.4 Å². The van der Waals surface area contributed by atoms with E-state index in [-0.39, 0.29) is 5.54 Å². The quantitative estimate of drug-likeness (QED) is 0.782. The molecule has 0 amide bonds. The standard InChI is InChI=1S/C16H26N2O4S/c1-12-13(2)15(7-6-14(12)22-4)23(19,20)18-10-16(11-21-3)8-5-9-17-16/h6-7,17-18H,5,8-11H2,1-4H3. The fourth-order valence-electron chi connectivity index (χ4n) is 3.06. The Hall–Kier alpha value is -1.15. The Kier molecular flexibility index (Phi) is 5.67. The minimum absolute atomic E-state index is 0.293. The van der Waals surface area contributed by atoms with E-state index >= 15 is 0 Å². The maximum atomic E-state index is 12.7. The van der Waals surface area contributed by atoms with Gasteiger partial charge in [-0.15, -0.1) is 0 Å². The number of hydrogen-bond acceptors (Lipinski definition) is 5. The minimum atomic E-state index is -3.58. The van der Waals surface area contributed by atoms with Crippen molar-refractivity contribution in [3.8, 4) is 5.75 Å². The highest BCUT2D eigenvalue weighted by molar-refractivity contribution is 7.89. The maximum absolute atomic E-state index is 12.7. The van der Waals surface area contributed by atoms with Crippen LogP contribution in [-0.2, 0) is 14.8 Å². The fraction of sp³-hybridized carbons (Fsp3) is 0.625. The summed E-state index contributed by atoms with van der Waals surface area (Å²) in [6.45, 7) is 5.33. The van der Waals surface area contributed by atoms with E-state index in [1.165, 1.54) is 0 Å². The highest BCUT2D eigenvalue weighted by Gasteiger charge is 2.35. The summed E-state index contributed by atoms with van der Waals surface area (Å²) in [7, 11) is -0.373. The van der Waals surface area contributed by atoms with Crippen molar-refractivity contribution >= 4 is 10.0 Å². The minimum Gasteiger partial charge on any atom is -0.496 e. The average Bonchev–Trinajstić information content (AvgIpc) is 2.97. The molecule has 1 aliphatic heterocycles. The van der Waals surface area contributed by atoms with E-state index in [9.17, 15) is 8.42 Å². The van der Waals surface area contributed by atoms with Gasteiger partial charge in [-0.3, -0.25) is 0 Å². The Morgan fingerprint density at radius 3 is 2.57 bits per heavy atom. The Morgan fingerprint density at radius 2 is 2.00 bits per heavy atom. The first kappa shape index (κ1) is 18.2. The topological polar surface area (TPSA) is 76.7 Å². The van der Waals surface area contributed by atoms with Crippen molar-refractivity contribution in [1.82, 2.24) is 10.0 Å². The fourth-order valence-corrected chi connectivity index (χ4v) is 4.49. The SMILES string of the molecule is COCC1(CNS(=O)(=O)c2ccc(OC)c(C)c2C)CCCN1. The molecule has 1 aliphatic rings. The van der Waals surface area contributed by atoms with Crippen molar-refractivity contribution in [2.45, 2.75) is 37.1 Å². The van der Waals surface area contributed by atoms with Gasteiger partial charge in [0, 0.05) is 13.7 Å². The molecule has 130 valence electrons. The lowest BCUT2D eigenvalue weighted by atomic mass is 9.99. The summed E-state index contributed by atoms with van der Waals surface area (Å²) in [5.41, 5.74) is 1.22. The normalized spacial score (nSPS) is 21.6. The second-order valence-corrected chi connectivity index (χ2v) is 7.82. The van der Waals surface area contributed by atoms with Crippen LogP contribution in [0.2, 0.25) is 0 Å². The van der Waals surface area contributed by atoms with Crippen LogP contribution in [-0.4, -0.2) is 47.9 Å². The van der Waals surface area contributed by atoms with Gasteiger partial charge in [-0.25, -0.2) is 13.1 Å². The molecule has 1 heterocycles. The van der Waals surface area contributed by atoms with Crippen LogP contribution < -0.4 is 14.8 Å². The van der Waals surface area contributed by atoms with Crippen molar-refractivity contribution in [3.05, 3.63) is 23.3 Å². The van der Waals surface area contributed by atoms with Crippen molar-refractivity contribution in [3.63, 3.8) is 0 Å². The summed E-state index contributed by atoms with van der Waals surface area (Å²) in [5, 5.41) is 3.37. The molecule has 2 rings (SSSR count). The van der Waals surface area contributed by atoms with Gasteiger partial charge in [-0.2, -0.15) is 0 Å². The second kappa shape index (κ2) is 7.17. The van der Waals surface area contributed by atoms with Gasteiger partial charge in [0.1, 0.15) is 5.75 Å². The molecule has 1 atom stereocenters. The van der Waals surface area contributed by atoms with E-state index < -0.39 is 10.0 Å². The largest absolute Gasteiger partial charge is 0.496 e. The van der Waals surface area contributed by atoms with Crippen molar-refractivity contribution < 1.29 is 17.9 Å². The molecule has 2 N–H and O–H groups in total. The van der Waals surface area contributed by atoms with Gasteiger partial charge >= 0.3 is 0 Å². The molecular formula is C16H26N2O4S.